The van der Waals surface area contributed by atoms with Gasteiger partial charge in [-0.3, -0.25) is 4.79 Å². The van der Waals surface area contributed by atoms with Gasteiger partial charge in [0.15, 0.2) is 0 Å². The van der Waals surface area contributed by atoms with Crippen LogP contribution in [0.5, 0.6) is 5.75 Å². The van der Waals surface area contributed by atoms with E-state index >= 15 is 0 Å². The average molecular weight is 587 g/mol. The van der Waals surface area contributed by atoms with Gasteiger partial charge in [0.1, 0.15) is 18.1 Å². The normalized spacial score (nSPS) is 13.7. The first-order valence-electron chi connectivity index (χ1n) is 14.8. The molecule has 6 nitrogen and oxygen atoms in total. The SMILES string of the molecule is Cc1ccc(COc2ccc(-c3nn(-c4ccccc4)cc3C=C3C(=O)N(c4ccccc4)N=C3c3ccccc3)cc2)cc1. The van der Waals surface area contributed by atoms with E-state index in [1.165, 1.54) is 10.6 Å². The van der Waals surface area contributed by atoms with Crippen LogP contribution in [-0.4, -0.2) is 21.4 Å². The van der Waals surface area contributed by atoms with Gasteiger partial charge in [-0.25, -0.2) is 4.68 Å². The molecule has 0 radical (unpaired) electrons. The molecule has 6 aromatic rings. The van der Waals surface area contributed by atoms with Crippen molar-refractivity contribution >= 4 is 23.4 Å². The van der Waals surface area contributed by atoms with Gasteiger partial charge in [-0.05, 0) is 67.1 Å². The summed E-state index contributed by atoms with van der Waals surface area (Å²) in [5, 5.41) is 11.3. The van der Waals surface area contributed by atoms with Crippen molar-refractivity contribution in [1.82, 2.24) is 9.78 Å². The second kappa shape index (κ2) is 12.3. The highest BCUT2D eigenvalue weighted by atomic mass is 16.5. The van der Waals surface area contributed by atoms with Crippen LogP contribution in [0.3, 0.4) is 0 Å². The quantitative estimate of drug-likeness (QED) is 0.169. The number of carbonyl (C=O) groups is 1. The van der Waals surface area contributed by atoms with E-state index in [0.717, 1.165) is 39.4 Å². The molecule has 1 aliphatic heterocycles. The number of amides is 1. The number of aryl methyl sites for hydroxylation is 1. The van der Waals surface area contributed by atoms with Crippen LogP contribution in [0.4, 0.5) is 5.69 Å². The predicted molar refractivity (Wildman–Crippen MR) is 179 cm³/mol. The Morgan fingerprint density at radius 1 is 0.689 bits per heavy atom. The topological polar surface area (TPSA) is 59.7 Å². The summed E-state index contributed by atoms with van der Waals surface area (Å²) < 4.78 is 7.91. The molecule has 0 saturated heterocycles. The lowest BCUT2D eigenvalue weighted by Crippen LogP contribution is -2.21. The highest BCUT2D eigenvalue weighted by Crippen LogP contribution is 2.32. The third-order valence-electron chi connectivity index (χ3n) is 7.64. The molecule has 0 aliphatic carbocycles. The van der Waals surface area contributed by atoms with Crippen LogP contribution < -0.4 is 9.75 Å². The minimum atomic E-state index is -0.196. The zero-order valence-corrected chi connectivity index (χ0v) is 24.7. The van der Waals surface area contributed by atoms with Crippen LogP contribution in [0.25, 0.3) is 23.0 Å². The monoisotopic (exact) mass is 586 g/mol. The van der Waals surface area contributed by atoms with Crippen molar-refractivity contribution in [2.75, 3.05) is 5.01 Å². The van der Waals surface area contributed by atoms with Crippen LogP contribution in [0.2, 0.25) is 0 Å². The van der Waals surface area contributed by atoms with Gasteiger partial charge in [-0.15, -0.1) is 0 Å². The number of carbonyl (C=O) groups excluding carboxylic acids is 1. The molecule has 0 spiro atoms. The summed E-state index contributed by atoms with van der Waals surface area (Å²) in [5.41, 5.74) is 8.39. The van der Waals surface area contributed by atoms with Gasteiger partial charge in [-0.1, -0.05) is 96.6 Å². The Bertz CT molecular complexity index is 2000. The van der Waals surface area contributed by atoms with Gasteiger partial charge in [0.05, 0.1) is 22.6 Å². The molecule has 218 valence electrons. The van der Waals surface area contributed by atoms with Crippen molar-refractivity contribution in [3.63, 3.8) is 0 Å². The van der Waals surface area contributed by atoms with Crippen molar-refractivity contribution in [3.05, 3.63) is 174 Å². The molecule has 5 aromatic carbocycles. The van der Waals surface area contributed by atoms with E-state index in [1.807, 2.05) is 132 Å². The van der Waals surface area contributed by atoms with E-state index in [2.05, 4.69) is 31.2 Å². The summed E-state index contributed by atoms with van der Waals surface area (Å²) >= 11 is 0. The molecule has 0 N–H and O–H groups in total. The summed E-state index contributed by atoms with van der Waals surface area (Å²) in [6.07, 6.45) is 3.86. The second-order valence-electron chi connectivity index (χ2n) is 10.8. The lowest BCUT2D eigenvalue weighted by atomic mass is 9.99. The number of hydrogen-bond donors (Lipinski definition) is 0. The number of rotatable bonds is 8. The fourth-order valence-corrected chi connectivity index (χ4v) is 5.24. The van der Waals surface area contributed by atoms with Crippen molar-refractivity contribution in [1.29, 1.82) is 0 Å². The molecule has 0 unspecified atom stereocenters. The Morgan fingerprint density at radius 3 is 1.98 bits per heavy atom. The summed E-state index contributed by atoms with van der Waals surface area (Å²) in [6.45, 7) is 2.56. The molecule has 0 bridgehead atoms. The molecular weight excluding hydrogens is 556 g/mol. The highest BCUT2D eigenvalue weighted by molar-refractivity contribution is 6.37. The third-order valence-corrected chi connectivity index (χ3v) is 7.64. The molecular formula is C39H30N4O2. The number of para-hydroxylation sites is 2. The first kappa shape index (κ1) is 27.8. The molecule has 1 aliphatic rings. The summed E-state index contributed by atoms with van der Waals surface area (Å²) in [7, 11) is 0. The van der Waals surface area contributed by atoms with Gasteiger partial charge in [0.2, 0.25) is 0 Å². The molecule has 0 fully saturated rings. The van der Waals surface area contributed by atoms with E-state index in [4.69, 9.17) is 14.9 Å². The molecule has 0 atom stereocenters. The van der Waals surface area contributed by atoms with E-state index in [0.29, 0.717) is 23.6 Å². The maximum atomic E-state index is 14.0. The smallest absolute Gasteiger partial charge is 0.281 e. The lowest BCUT2D eigenvalue weighted by molar-refractivity contribution is -0.114. The number of anilines is 1. The second-order valence-corrected chi connectivity index (χ2v) is 10.8. The number of nitrogens with zero attached hydrogens (tertiary/aromatic N) is 4. The van der Waals surface area contributed by atoms with Crippen molar-refractivity contribution in [3.8, 4) is 22.7 Å². The minimum Gasteiger partial charge on any atom is -0.489 e. The molecule has 7 rings (SSSR count). The first-order valence-corrected chi connectivity index (χ1v) is 14.8. The van der Waals surface area contributed by atoms with Gasteiger partial charge < -0.3 is 4.74 Å². The van der Waals surface area contributed by atoms with Gasteiger partial charge in [0, 0.05) is 22.9 Å². The van der Waals surface area contributed by atoms with Crippen LogP contribution in [-0.2, 0) is 11.4 Å². The molecule has 2 heterocycles. The standard InChI is InChI=1S/C39H30N4O2/c1-28-17-19-29(20-18-28)27-45-35-23-21-31(22-24-35)37-32(26-42(40-37)33-13-7-3-8-14-33)25-36-38(30-11-5-2-6-12-30)41-43(39(36)44)34-15-9-4-10-16-34/h2-26H,27H2,1H3. The fraction of sp³-hybridized carbons (Fsp3) is 0.0513. The zero-order valence-electron chi connectivity index (χ0n) is 24.7. The van der Waals surface area contributed by atoms with Crippen LogP contribution in [0.1, 0.15) is 22.3 Å². The summed E-state index contributed by atoms with van der Waals surface area (Å²) in [6, 6.07) is 45.5. The van der Waals surface area contributed by atoms with Crippen LogP contribution in [0, 0.1) is 6.92 Å². The fourth-order valence-electron chi connectivity index (χ4n) is 5.24. The van der Waals surface area contributed by atoms with Gasteiger partial charge >= 0.3 is 0 Å². The Hall–Kier alpha value is -6.01. The Balaban J connectivity index is 1.27. The van der Waals surface area contributed by atoms with Gasteiger partial charge in [-0.2, -0.15) is 15.2 Å². The molecule has 45 heavy (non-hydrogen) atoms. The molecule has 1 amide bonds. The molecule has 1 aromatic heterocycles. The Kier molecular flexibility index (Phi) is 7.60. The maximum absolute atomic E-state index is 14.0. The van der Waals surface area contributed by atoms with Crippen LogP contribution >= 0.6 is 0 Å². The lowest BCUT2D eigenvalue weighted by Gasteiger charge is -2.11. The third kappa shape index (κ3) is 5.94. The average Bonchev–Trinajstić information content (AvgIpc) is 3.67. The van der Waals surface area contributed by atoms with E-state index < -0.39 is 0 Å². The Labute approximate surface area is 262 Å². The summed E-state index contributed by atoms with van der Waals surface area (Å²) in [5.74, 6) is 0.572. The van der Waals surface area contributed by atoms with Gasteiger partial charge in [0.25, 0.3) is 5.91 Å². The van der Waals surface area contributed by atoms with E-state index in [-0.39, 0.29) is 5.91 Å². The minimum absolute atomic E-state index is 0.196. The Morgan fingerprint density at radius 2 is 1.31 bits per heavy atom. The van der Waals surface area contributed by atoms with E-state index in [9.17, 15) is 4.79 Å². The molecule has 0 saturated carbocycles. The number of hydrazone groups is 1. The number of aromatic nitrogens is 2. The zero-order chi connectivity index (χ0) is 30.6. The van der Waals surface area contributed by atoms with Crippen LogP contribution in [0.15, 0.2) is 156 Å². The van der Waals surface area contributed by atoms with E-state index in [1.54, 1.807) is 0 Å². The first-order chi connectivity index (χ1) is 22.1. The predicted octanol–water partition coefficient (Wildman–Crippen LogP) is 8.26. The number of hydrogen-bond acceptors (Lipinski definition) is 4. The maximum Gasteiger partial charge on any atom is 0.281 e. The number of ether oxygens (including phenoxy) is 1. The van der Waals surface area contributed by atoms with Crippen molar-refractivity contribution in [2.45, 2.75) is 13.5 Å². The highest BCUT2D eigenvalue weighted by Gasteiger charge is 2.32. The van der Waals surface area contributed by atoms with Crippen molar-refractivity contribution < 1.29 is 9.53 Å². The molecule has 6 heteroatoms. The number of benzene rings is 5. The van der Waals surface area contributed by atoms with Crippen molar-refractivity contribution in [2.24, 2.45) is 5.10 Å². The largest absolute Gasteiger partial charge is 0.489 e. The summed E-state index contributed by atoms with van der Waals surface area (Å²) in [4.78, 5) is 14.0.